The molecule has 32 heavy (non-hydrogen) atoms. The van der Waals surface area contributed by atoms with Crippen LogP contribution in [0.2, 0.25) is 0 Å². The molecule has 0 unspecified atom stereocenters. The number of alkyl carbamates (subject to hydrolysis) is 1. The summed E-state index contributed by atoms with van der Waals surface area (Å²) in [4.78, 5) is 51.1. The van der Waals surface area contributed by atoms with Gasteiger partial charge in [0.2, 0.25) is 11.8 Å². The molecule has 9 nitrogen and oxygen atoms in total. The Bertz CT molecular complexity index is 665. The van der Waals surface area contributed by atoms with Crippen molar-refractivity contribution in [2.45, 2.75) is 91.8 Å². The number of hydrogen-bond acceptors (Lipinski definition) is 5. The fourth-order valence-corrected chi connectivity index (χ4v) is 3.68. The molecular weight excluding hydrogens is 414 g/mol. The number of carboxylic acid groups (broad SMARTS) is 1. The largest absolute Gasteiger partial charge is 0.480 e. The van der Waals surface area contributed by atoms with E-state index in [1.165, 1.54) is 0 Å². The lowest BCUT2D eigenvalue weighted by molar-refractivity contribution is -0.144. The van der Waals surface area contributed by atoms with Crippen LogP contribution >= 0.6 is 0 Å². The first kappa shape index (κ1) is 27.7. The smallest absolute Gasteiger partial charge is 0.408 e. The molecule has 3 N–H and O–H groups in total. The Morgan fingerprint density at radius 1 is 1.06 bits per heavy atom. The third-order valence-electron chi connectivity index (χ3n) is 5.65. The lowest BCUT2D eigenvalue weighted by Gasteiger charge is -2.35. The SMILES string of the molecule is CC[C@H](C)[C@H](NC(=O)C1CCN(C(=O)[C@H](CC(C)C)NC(=O)OC(C)(C)C)CC1)C(=O)O. The molecule has 1 saturated heterocycles. The van der Waals surface area contributed by atoms with Gasteiger partial charge in [0.25, 0.3) is 0 Å². The van der Waals surface area contributed by atoms with E-state index in [9.17, 15) is 24.3 Å². The second-order valence-electron chi connectivity index (χ2n) is 10.1. The summed E-state index contributed by atoms with van der Waals surface area (Å²) in [7, 11) is 0. The molecule has 3 atom stereocenters. The zero-order valence-electron chi connectivity index (χ0n) is 20.6. The number of rotatable bonds is 9. The van der Waals surface area contributed by atoms with Crippen molar-refractivity contribution in [2.75, 3.05) is 13.1 Å². The number of piperidine rings is 1. The topological polar surface area (TPSA) is 125 Å². The minimum atomic E-state index is -1.04. The van der Waals surface area contributed by atoms with Gasteiger partial charge < -0.3 is 25.4 Å². The molecule has 0 radical (unpaired) electrons. The number of aliphatic carboxylic acids is 1. The average Bonchev–Trinajstić information content (AvgIpc) is 2.68. The molecule has 0 aliphatic carbocycles. The fourth-order valence-electron chi connectivity index (χ4n) is 3.68. The molecule has 9 heteroatoms. The van der Waals surface area contributed by atoms with Gasteiger partial charge >= 0.3 is 12.1 Å². The molecule has 1 aliphatic rings. The van der Waals surface area contributed by atoms with E-state index in [0.29, 0.717) is 38.8 Å². The minimum absolute atomic E-state index is 0.172. The van der Waals surface area contributed by atoms with Gasteiger partial charge in [0.05, 0.1) is 0 Å². The summed E-state index contributed by atoms with van der Waals surface area (Å²) in [5.74, 6) is -1.83. The number of carboxylic acids is 1. The lowest BCUT2D eigenvalue weighted by Crippen LogP contribution is -2.53. The van der Waals surface area contributed by atoms with Gasteiger partial charge in [-0.15, -0.1) is 0 Å². The van der Waals surface area contributed by atoms with Crippen LogP contribution in [0, 0.1) is 17.8 Å². The second-order valence-corrected chi connectivity index (χ2v) is 10.1. The van der Waals surface area contributed by atoms with Crippen molar-refractivity contribution < 1.29 is 29.0 Å². The lowest BCUT2D eigenvalue weighted by atomic mass is 9.93. The molecule has 1 aliphatic heterocycles. The van der Waals surface area contributed by atoms with Crippen molar-refractivity contribution >= 4 is 23.9 Å². The molecule has 1 heterocycles. The number of hydrogen-bond donors (Lipinski definition) is 3. The van der Waals surface area contributed by atoms with Gasteiger partial charge in [-0.3, -0.25) is 9.59 Å². The van der Waals surface area contributed by atoms with E-state index in [2.05, 4.69) is 10.6 Å². The van der Waals surface area contributed by atoms with Crippen LogP contribution in [-0.4, -0.2) is 64.7 Å². The maximum absolute atomic E-state index is 13.1. The zero-order valence-corrected chi connectivity index (χ0v) is 20.6. The highest BCUT2D eigenvalue weighted by Crippen LogP contribution is 2.21. The Morgan fingerprint density at radius 2 is 1.62 bits per heavy atom. The van der Waals surface area contributed by atoms with Crippen LogP contribution in [-0.2, 0) is 19.1 Å². The van der Waals surface area contributed by atoms with E-state index in [1.807, 2.05) is 20.8 Å². The van der Waals surface area contributed by atoms with Gasteiger partial charge in [-0.05, 0) is 51.9 Å². The fraction of sp³-hybridized carbons (Fsp3) is 0.826. The maximum atomic E-state index is 13.1. The third-order valence-corrected chi connectivity index (χ3v) is 5.65. The first-order chi connectivity index (χ1) is 14.7. The van der Waals surface area contributed by atoms with Gasteiger partial charge in [0.1, 0.15) is 17.7 Å². The number of carbonyl (C=O) groups excluding carboxylic acids is 3. The van der Waals surface area contributed by atoms with E-state index in [1.54, 1.807) is 32.6 Å². The minimum Gasteiger partial charge on any atom is -0.480 e. The molecule has 1 rings (SSSR count). The van der Waals surface area contributed by atoms with Gasteiger partial charge in [0.15, 0.2) is 0 Å². The quantitative estimate of drug-likeness (QED) is 0.491. The number of nitrogens with one attached hydrogen (secondary N) is 2. The van der Waals surface area contributed by atoms with E-state index in [0.717, 1.165) is 0 Å². The summed E-state index contributed by atoms with van der Waals surface area (Å²) in [5, 5.41) is 14.8. The predicted octanol–water partition coefficient (Wildman–Crippen LogP) is 2.78. The van der Waals surface area contributed by atoms with E-state index >= 15 is 0 Å². The Morgan fingerprint density at radius 3 is 2.06 bits per heavy atom. The molecule has 1 fully saturated rings. The summed E-state index contributed by atoms with van der Waals surface area (Å²) >= 11 is 0. The molecule has 0 bridgehead atoms. The number of nitrogens with zero attached hydrogens (tertiary/aromatic N) is 1. The van der Waals surface area contributed by atoms with Crippen molar-refractivity contribution in [3.8, 4) is 0 Å². The first-order valence-electron chi connectivity index (χ1n) is 11.6. The molecule has 0 aromatic heterocycles. The van der Waals surface area contributed by atoms with Crippen molar-refractivity contribution in [1.82, 2.24) is 15.5 Å². The monoisotopic (exact) mass is 455 g/mol. The van der Waals surface area contributed by atoms with Crippen LogP contribution in [0.5, 0.6) is 0 Å². The zero-order chi connectivity index (χ0) is 24.6. The normalized spacial score (nSPS) is 17.9. The van der Waals surface area contributed by atoms with E-state index in [4.69, 9.17) is 4.74 Å². The second kappa shape index (κ2) is 12.1. The Kier molecular flexibility index (Phi) is 10.4. The summed E-state index contributed by atoms with van der Waals surface area (Å²) < 4.78 is 5.30. The number of amides is 3. The predicted molar refractivity (Wildman–Crippen MR) is 121 cm³/mol. The summed E-state index contributed by atoms with van der Waals surface area (Å²) in [6.45, 7) is 13.7. The summed E-state index contributed by atoms with van der Waals surface area (Å²) in [5.41, 5.74) is -0.662. The molecule has 0 spiro atoms. The third kappa shape index (κ3) is 9.04. The standard InChI is InChI=1S/C23H41N3O6/c1-8-15(4)18(21(29)30)25-19(27)16-9-11-26(12-10-16)20(28)17(13-14(2)3)24-22(31)32-23(5,6)7/h14-18H,8-13H2,1-7H3,(H,24,31)(H,25,27)(H,29,30)/t15-,17-,18-/m0/s1. The molecule has 0 saturated carbocycles. The van der Waals surface area contributed by atoms with E-state index in [-0.39, 0.29) is 29.6 Å². The van der Waals surface area contributed by atoms with E-state index < -0.39 is 29.7 Å². The van der Waals surface area contributed by atoms with Crippen LogP contribution in [0.3, 0.4) is 0 Å². The van der Waals surface area contributed by atoms with Crippen molar-refractivity contribution in [1.29, 1.82) is 0 Å². The highest BCUT2D eigenvalue weighted by molar-refractivity contribution is 5.87. The Labute approximate surface area is 191 Å². The van der Waals surface area contributed by atoms with Crippen LogP contribution in [0.25, 0.3) is 0 Å². The van der Waals surface area contributed by atoms with Crippen LogP contribution < -0.4 is 10.6 Å². The van der Waals surface area contributed by atoms with Crippen LogP contribution in [0.1, 0.15) is 74.1 Å². The first-order valence-corrected chi connectivity index (χ1v) is 11.6. The van der Waals surface area contributed by atoms with Crippen molar-refractivity contribution in [3.63, 3.8) is 0 Å². The van der Waals surface area contributed by atoms with Gasteiger partial charge in [0, 0.05) is 19.0 Å². The molecule has 0 aromatic rings. The Balaban J connectivity index is 2.71. The molecule has 3 amide bonds. The molecule has 0 aromatic carbocycles. The van der Waals surface area contributed by atoms with Crippen molar-refractivity contribution in [2.24, 2.45) is 17.8 Å². The maximum Gasteiger partial charge on any atom is 0.408 e. The number of carbonyl (C=O) groups is 4. The highest BCUT2D eigenvalue weighted by atomic mass is 16.6. The van der Waals surface area contributed by atoms with Crippen LogP contribution in [0.15, 0.2) is 0 Å². The van der Waals surface area contributed by atoms with Gasteiger partial charge in [-0.25, -0.2) is 9.59 Å². The Hall–Kier alpha value is -2.32. The van der Waals surface area contributed by atoms with Crippen molar-refractivity contribution in [3.05, 3.63) is 0 Å². The molecule has 184 valence electrons. The number of likely N-dealkylation sites (tertiary alicyclic amines) is 1. The number of ether oxygens (including phenoxy) is 1. The average molecular weight is 456 g/mol. The summed E-state index contributed by atoms with van der Waals surface area (Å²) in [6, 6.07) is -1.61. The van der Waals surface area contributed by atoms with Gasteiger partial charge in [-0.1, -0.05) is 34.1 Å². The highest BCUT2D eigenvalue weighted by Gasteiger charge is 2.34. The summed E-state index contributed by atoms with van der Waals surface area (Å²) in [6.07, 6.45) is 1.39. The van der Waals surface area contributed by atoms with Crippen LogP contribution in [0.4, 0.5) is 4.79 Å². The van der Waals surface area contributed by atoms with Gasteiger partial charge in [-0.2, -0.15) is 0 Å². The molecular formula is C23H41N3O6.